The predicted octanol–water partition coefficient (Wildman–Crippen LogP) is 11.8. The number of nitrogens with zero attached hydrogens (tertiary/aromatic N) is 1. The van der Waals surface area contributed by atoms with Gasteiger partial charge in [-0.1, -0.05) is 91.0 Å². The van der Waals surface area contributed by atoms with Crippen molar-refractivity contribution in [2.45, 2.75) is 0 Å². The summed E-state index contributed by atoms with van der Waals surface area (Å²) in [6.45, 7) is 0. The van der Waals surface area contributed by atoms with Gasteiger partial charge in [-0.3, -0.25) is 0 Å². The molecular formula is C40H25NO2. The van der Waals surface area contributed by atoms with Gasteiger partial charge >= 0.3 is 0 Å². The van der Waals surface area contributed by atoms with E-state index in [1.807, 2.05) is 30.3 Å². The summed E-state index contributed by atoms with van der Waals surface area (Å²) < 4.78 is 12.4. The Hall–Kier alpha value is -5.80. The van der Waals surface area contributed by atoms with E-state index in [1.54, 1.807) is 0 Å². The van der Waals surface area contributed by atoms with Crippen LogP contribution in [0.15, 0.2) is 160 Å². The molecule has 0 atom stereocenters. The summed E-state index contributed by atoms with van der Waals surface area (Å²) in [6.07, 6.45) is 0. The molecule has 0 aliphatic rings. The van der Waals surface area contributed by atoms with Crippen LogP contribution in [0.3, 0.4) is 0 Å². The first-order valence-electron chi connectivity index (χ1n) is 14.5. The Morgan fingerprint density at radius 1 is 0.372 bits per heavy atom. The molecule has 3 heteroatoms. The molecule has 0 fully saturated rings. The predicted molar refractivity (Wildman–Crippen MR) is 179 cm³/mol. The van der Waals surface area contributed by atoms with E-state index in [0.717, 1.165) is 55.6 Å². The van der Waals surface area contributed by atoms with Crippen molar-refractivity contribution in [2.24, 2.45) is 0 Å². The molecule has 0 spiro atoms. The molecule has 0 aliphatic carbocycles. The lowest BCUT2D eigenvalue weighted by Crippen LogP contribution is -2.10. The molecule has 202 valence electrons. The summed E-state index contributed by atoms with van der Waals surface area (Å²) in [5, 5.41) is 6.96. The average molecular weight is 552 g/mol. The highest BCUT2D eigenvalue weighted by molar-refractivity contribution is 6.19. The molecule has 2 heterocycles. The Labute approximate surface area is 247 Å². The summed E-state index contributed by atoms with van der Waals surface area (Å²) in [6, 6.07) is 53.1. The summed E-state index contributed by atoms with van der Waals surface area (Å²) in [4.78, 5) is 2.31. The Kier molecular flexibility index (Phi) is 5.20. The standard InChI is InChI=1S/C40H25NO2/c1-2-9-29(10-3-1)41(34-13-8-16-37-40(34)33-12-5-7-15-36(33)42-37)30-21-17-26(18-22-30)27-19-23-31-28(25-27)20-24-38-39(31)32-11-4-6-14-35(32)43-38/h1-25H. The van der Waals surface area contributed by atoms with Gasteiger partial charge in [0.25, 0.3) is 0 Å². The largest absolute Gasteiger partial charge is 0.456 e. The van der Waals surface area contributed by atoms with Gasteiger partial charge in [-0.15, -0.1) is 0 Å². The van der Waals surface area contributed by atoms with Crippen LogP contribution < -0.4 is 4.90 Å². The van der Waals surface area contributed by atoms with Crippen molar-refractivity contribution < 1.29 is 8.83 Å². The van der Waals surface area contributed by atoms with Crippen molar-refractivity contribution in [2.75, 3.05) is 4.90 Å². The molecular weight excluding hydrogens is 526 g/mol. The molecule has 0 bridgehead atoms. The fourth-order valence-electron chi connectivity index (χ4n) is 6.48. The zero-order valence-corrected chi connectivity index (χ0v) is 23.2. The van der Waals surface area contributed by atoms with Crippen molar-refractivity contribution in [3.63, 3.8) is 0 Å². The van der Waals surface area contributed by atoms with Gasteiger partial charge in [0.15, 0.2) is 0 Å². The smallest absolute Gasteiger partial charge is 0.137 e. The lowest BCUT2D eigenvalue weighted by molar-refractivity contribution is 0.668. The van der Waals surface area contributed by atoms with Crippen molar-refractivity contribution in [3.05, 3.63) is 152 Å². The number of para-hydroxylation sites is 3. The number of hydrogen-bond acceptors (Lipinski definition) is 3. The number of benzene rings is 7. The summed E-state index contributed by atoms with van der Waals surface area (Å²) in [5.74, 6) is 0. The van der Waals surface area contributed by atoms with Crippen LogP contribution >= 0.6 is 0 Å². The monoisotopic (exact) mass is 551 g/mol. The lowest BCUT2D eigenvalue weighted by Gasteiger charge is -2.26. The Bertz CT molecular complexity index is 2450. The van der Waals surface area contributed by atoms with Crippen molar-refractivity contribution in [3.8, 4) is 11.1 Å². The van der Waals surface area contributed by atoms with Crippen LogP contribution in [0.1, 0.15) is 0 Å². The van der Waals surface area contributed by atoms with E-state index < -0.39 is 0 Å². The Morgan fingerprint density at radius 2 is 0.977 bits per heavy atom. The molecule has 0 saturated carbocycles. The molecule has 43 heavy (non-hydrogen) atoms. The van der Waals surface area contributed by atoms with E-state index in [0.29, 0.717) is 0 Å². The van der Waals surface area contributed by atoms with Gasteiger partial charge in [0.05, 0.1) is 11.1 Å². The molecule has 3 nitrogen and oxygen atoms in total. The zero-order valence-electron chi connectivity index (χ0n) is 23.2. The van der Waals surface area contributed by atoms with E-state index in [-0.39, 0.29) is 0 Å². The van der Waals surface area contributed by atoms with Crippen molar-refractivity contribution in [1.82, 2.24) is 0 Å². The van der Waals surface area contributed by atoms with Crippen LogP contribution in [0.4, 0.5) is 17.1 Å². The number of fused-ring (bicyclic) bond motifs is 8. The molecule has 9 rings (SSSR count). The maximum Gasteiger partial charge on any atom is 0.137 e. The minimum atomic E-state index is 0.881. The SMILES string of the molecule is c1ccc(N(c2ccc(-c3ccc4c(ccc5oc6ccccc6c54)c3)cc2)c2cccc3oc4ccccc4c23)cc1. The second-order valence-corrected chi connectivity index (χ2v) is 10.9. The van der Waals surface area contributed by atoms with E-state index in [1.165, 1.54) is 27.3 Å². The van der Waals surface area contributed by atoms with Gasteiger partial charge in [-0.2, -0.15) is 0 Å². The van der Waals surface area contributed by atoms with E-state index in [2.05, 4.69) is 126 Å². The topological polar surface area (TPSA) is 29.5 Å². The molecule has 0 N–H and O–H groups in total. The molecule has 0 saturated heterocycles. The fraction of sp³-hybridized carbons (Fsp3) is 0. The molecule has 0 aliphatic heterocycles. The normalized spacial score (nSPS) is 11.7. The first-order chi connectivity index (χ1) is 21.3. The second kappa shape index (κ2) is 9.37. The van der Waals surface area contributed by atoms with Crippen LogP contribution in [-0.4, -0.2) is 0 Å². The first-order valence-corrected chi connectivity index (χ1v) is 14.5. The highest BCUT2D eigenvalue weighted by atomic mass is 16.3. The van der Waals surface area contributed by atoms with E-state index >= 15 is 0 Å². The second-order valence-electron chi connectivity index (χ2n) is 10.9. The third kappa shape index (κ3) is 3.75. The summed E-state index contributed by atoms with van der Waals surface area (Å²) >= 11 is 0. The van der Waals surface area contributed by atoms with Crippen LogP contribution in [0, 0.1) is 0 Å². The first kappa shape index (κ1) is 23.9. The van der Waals surface area contributed by atoms with Gasteiger partial charge in [-0.25, -0.2) is 0 Å². The van der Waals surface area contributed by atoms with Crippen molar-refractivity contribution >= 4 is 71.7 Å². The highest BCUT2D eigenvalue weighted by Crippen LogP contribution is 2.43. The van der Waals surface area contributed by atoms with Crippen LogP contribution in [0.2, 0.25) is 0 Å². The third-order valence-corrected chi connectivity index (χ3v) is 8.45. The van der Waals surface area contributed by atoms with Crippen LogP contribution in [0.25, 0.3) is 65.8 Å². The lowest BCUT2D eigenvalue weighted by atomic mass is 9.98. The van der Waals surface area contributed by atoms with Gasteiger partial charge in [-0.05, 0) is 82.6 Å². The number of furan rings is 2. The molecule has 0 unspecified atom stereocenters. The van der Waals surface area contributed by atoms with Crippen LogP contribution in [-0.2, 0) is 0 Å². The third-order valence-electron chi connectivity index (χ3n) is 8.45. The van der Waals surface area contributed by atoms with E-state index in [4.69, 9.17) is 8.83 Å². The fourth-order valence-corrected chi connectivity index (χ4v) is 6.48. The summed E-state index contributed by atoms with van der Waals surface area (Å²) in [7, 11) is 0. The Morgan fingerprint density at radius 3 is 1.74 bits per heavy atom. The minimum Gasteiger partial charge on any atom is -0.456 e. The Balaban J connectivity index is 1.17. The molecule has 0 amide bonds. The quantitative estimate of drug-likeness (QED) is 0.218. The van der Waals surface area contributed by atoms with Crippen molar-refractivity contribution in [1.29, 1.82) is 0 Å². The average Bonchev–Trinajstić information content (AvgIpc) is 3.65. The minimum absolute atomic E-state index is 0.881. The maximum absolute atomic E-state index is 6.24. The molecule has 2 aromatic heterocycles. The zero-order chi connectivity index (χ0) is 28.3. The van der Waals surface area contributed by atoms with E-state index in [9.17, 15) is 0 Å². The number of hydrogen-bond donors (Lipinski definition) is 0. The van der Waals surface area contributed by atoms with Crippen LogP contribution in [0.5, 0.6) is 0 Å². The van der Waals surface area contributed by atoms with Gasteiger partial charge in [0.2, 0.25) is 0 Å². The molecule has 0 radical (unpaired) electrons. The number of rotatable bonds is 4. The molecule has 9 aromatic rings. The molecule has 7 aromatic carbocycles. The van der Waals surface area contributed by atoms with Gasteiger partial charge in [0.1, 0.15) is 22.3 Å². The number of anilines is 3. The van der Waals surface area contributed by atoms with Gasteiger partial charge < -0.3 is 13.7 Å². The van der Waals surface area contributed by atoms with Gasteiger partial charge in [0, 0.05) is 27.5 Å². The summed E-state index contributed by atoms with van der Waals surface area (Å²) in [5.41, 5.74) is 9.23. The highest BCUT2D eigenvalue weighted by Gasteiger charge is 2.19. The maximum atomic E-state index is 6.24.